The topological polar surface area (TPSA) is 29.5 Å². The zero-order valence-corrected chi connectivity index (χ0v) is 8.77. The van der Waals surface area contributed by atoms with Crippen LogP contribution in [0.2, 0.25) is 0 Å². The second-order valence-electron chi connectivity index (χ2n) is 3.53. The maximum Gasteiger partial charge on any atom is 0.111 e. The van der Waals surface area contributed by atoms with Crippen LogP contribution >= 0.6 is 11.6 Å². The lowest BCUT2D eigenvalue weighted by Gasteiger charge is -2.24. The summed E-state index contributed by atoms with van der Waals surface area (Å²) < 4.78 is 5.32. The van der Waals surface area contributed by atoms with Crippen LogP contribution in [0.5, 0.6) is 0 Å². The second kappa shape index (κ2) is 4.16. The average Bonchev–Trinajstić information content (AvgIpc) is 1.97. The molecule has 1 aliphatic carbocycles. The summed E-state index contributed by atoms with van der Waals surface area (Å²) >= 11 is 6.18. The van der Waals surface area contributed by atoms with Crippen molar-refractivity contribution in [1.29, 1.82) is 0 Å². The molecule has 0 aromatic heterocycles. The summed E-state index contributed by atoms with van der Waals surface area (Å²) in [6.45, 7) is 4.32. The zero-order valence-electron chi connectivity index (χ0n) is 8.01. The Morgan fingerprint density at radius 1 is 1.69 bits per heavy atom. The Bertz CT molecular complexity index is 241. The SMILES string of the molecule is CC1=CC(C)(Cl)CC(OCCO)=C1. The van der Waals surface area contributed by atoms with Gasteiger partial charge in [-0.05, 0) is 19.9 Å². The van der Waals surface area contributed by atoms with Gasteiger partial charge in [-0.15, -0.1) is 11.6 Å². The molecule has 0 saturated carbocycles. The Balaban J connectivity index is 2.62. The number of alkyl halides is 1. The minimum atomic E-state index is -0.344. The van der Waals surface area contributed by atoms with Gasteiger partial charge in [0.05, 0.1) is 17.2 Å². The third kappa shape index (κ3) is 3.41. The van der Waals surface area contributed by atoms with E-state index in [-0.39, 0.29) is 11.5 Å². The van der Waals surface area contributed by atoms with Crippen molar-refractivity contribution in [2.75, 3.05) is 13.2 Å². The molecule has 3 heteroatoms. The summed E-state index contributed by atoms with van der Waals surface area (Å²) in [7, 11) is 0. The molecule has 1 unspecified atom stereocenters. The lowest BCUT2D eigenvalue weighted by Crippen LogP contribution is -2.19. The molecule has 13 heavy (non-hydrogen) atoms. The normalized spacial score (nSPS) is 28.0. The first-order chi connectivity index (χ1) is 6.03. The molecule has 0 bridgehead atoms. The molecular formula is C10H15ClO2. The summed E-state index contributed by atoms with van der Waals surface area (Å²) in [5.74, 6) is 0.853. The van der Waals surface area contributed by atoms with E-state index in [1.165, 1.54) is 0 Å². The summed E-state index contributed by atoms with van der Waals surface area (Å²) in [5, 5.41) is 8.59. The molecule has 0 saturated heterocycles. The van der Waals surface area contributed by atoms with Gasteiger partial charge < -0.3 is 9.84 Å². The number of hydrogen-bond donors (Lipinski definition) is 1. The molecule has 1 rings (SSSR count). The predicted octanol–water partition coefficient (Wildman–Crippen LogP) is 2.23. The van der Waals surface area contributed by atoms with Crippen molar-refractivity contribution in [2.45, 2.75) is 25.1 Å². The fraction of sp³-hybridized carbons (Fsp3) is 0.600. The summed E-state index contributed by atoms with van der Waals surface area (Å²) in [5.41, 5.74) is 1.11. The average molecular weight is 203 g/mol. The number of aliphatic hydroxyl groups is 1. The summed E-state index contributed by atoms with van der Waals surface area (Å²) in [4.78, 5) is -0.344. The van der Waals surface area contributed by atoms with Crippen LogP contribution in [0.4, 0.5) is 0 Å². The van der Waals surface area contributed by atoms with Crippen LogP contribution in [-0.2, 0) is 4.74 Å². The number of allylic oxidation sites excluding steroid dienone is 4. The Morgan fingerprint density at radius 3 is 2.92 bits per heavy atom. The van der Waals surface area contributed by atoms with E-state index in [0.29, 0.717) is 13.0 Å². The van der Waals surface area contributed by atoms with Gasteiger partial charge in [0.25, 0.3) is 0 Å². The number of halogens is 1. The van der Waals surface area contributed by atoms with Crippen molar-refractivity contribution in [3.8, 4) is 0 Å². The molecule has 0 aromatic rings. The Kier molecular flexibility index (Phi) is 3.40. The fourth-order valence-corrected chi connectivity index (χ4v) is 1.79. The maximum absolute atomic E-state index is 8.59. The van der Waals surface area contributed by atoms with Crippen molar-refractivity contribution in [3.05, 3.63) is 23.5 Å². The van der Waals surface area contributed by atoms with Crippen LogP contribution in [0.15, 0.2) is 23.5 Å². The highest BCUT2D eigenvalue weighted by Crippen LogP contribution is 2.31. The highest BCUT2D eigenvalue weighted by molar-refractivity contribution is 6.25. The minimum Gasteiger partial charge on any atom is -0.495 e. The first-order valence-corrected chi connectivity index (χ1v) is 4.74. The molecule has 1 N–H and O–H groups in total. The molecular weight excluding hydrogens is 188 g/mol. The minimum absolute atomic E-state index is 0.0408. The van der Waals surface area contributed by atoms with Crippen LogP contribution in [0.1, 0.15) is 20.3 Å². The Hall–Kier alpha value is -0.470. The molecule has 0 fully saturated rings. The number of hydrogen-bond acceptors (Lipinski definition) is 2. The first kappa shape index (κ1) is 10.6. The maximum atomic E-state index is 8.59. The molecule has 0 spiro atoms. The van der Waals surface area contributed by atoms with E-state index < -0.39 is 0 Å². The van der Waals surface area contributed by atoms with E-state index >= 15 is 0 Å². The van der Waals surface area contributed by atoms with Crippen LogP contribution in [0.3, 0.4) is 0 Å². The molecule has 0 aliphatic heterocycles. The highest BCUT2D eigenvalue weighted by atomic mass is 35.5. The van der Waals surface area contributed by atoms with Gasteiger partial charge in [-0.2, -0.15) is 0 Å². The fourth-order valence-electron chi connectivity index (χ4n) is 1.48. The van der Waals surface area contributed by atoms with E-state index in [4.69, 9.17) is 21.4 Å². The van der Waals surface area contributed by atoms with E-state index in [9.17, 15) is 0 Å². The van der Waals surface area contributed by atoms with Crippen molar-refractivity contribution < 1.29 is 9.84 Å². The third-order valence-corrected chi connectivity index (χ3v) is 2.06. The van der Waals surface area contributed by atoms with Crippen LogP contribution in [0, 0.1) is 0 Å². The number of ether oxygens (including phenoxy) is 1. The van der Waals surface area contributed by atoms with Crippen molar-refractivity contribution in [3.63, 3.8) is 0 Å². The van der Waals surface area contributed by atoms with Gasteiger partial charge in [0, 0.05) is 6.42 Å². The van der Waals surface area contributed by atoms with Crippen LogP contribution in [-0.4, -0.2) is 23.2 Å². The second-order valence-corrected chi connectivity index (χ2v) is 4.39. The van der Waals surface area contributed by atoms with E-state index in [1.807, 2.05) is 26.0 Å². The molecule has 0 radical (unpaired) electrons. The van der Waals surface area contributed by atoms with Gasteiger partial charge in [0.1, 0.15) is 6.61 Å². The standard InChI is InChI=1S/C10H15ClO2/c1-8-5-9(13-4-3-12)7-10(2,11)6-8/h5-6,12H,3-4,7H2,1-2H3. The van der Waals surface area contributed by atoms with Crippen molar-refractivity contribution in [1.82, 2.24) is 0 Å². The van der Waals surface area contributed by atoms with Crippen molar-refractivity contribution >= 4 is 11.6 Å². The van der Waals surface area contributed by atoms with E-state index in [1.54, 1.807) is 0 Å². The quantitative estimate of drug-likeness (QED) is 0.712. The first-order valence-electron chi connectivity index (χ1n) is 4.36. The van der Waals surface area contributed by atoms with Gasteiger partial charge in [-0.1, -0.05) is 11.6 Å². The van der Waals surface area contributed by atoms with Gasteiger partial charge in [-0.3, -0.25) is 0 Å². The van der Waals surface area contributed by atoms with Crippen LogP contribution in [0.25, 0.3) is 0 Å². The Labute approximate surface area is 83.8 Å². The molecule has 0 amide bonds. The van der Waals surface area contributed by atoms with E-state index in [0.717, 1.165) is 11.3 Å². The molecule has 1 atom stereocenters. The lowest BCUT2D eigenvalue weighted by molar-refractivity contribution is 0.137. The van der Waals surface area contributed by atoms with Gasteiger partial charge in [0.2, 0.25) is 0 Å². The lowest BCUT2D eigenvalue weighted by atomic mass is 9.96. The summed E-state index contributed by atoms with van der Waals surface area (Å²) in [6.07, 6.45) is 4.66. The predicted molar refractivity (Wildman–Crippen MR) is 53.8 cm³/mol. The summed E-state index contributed by atoms with van der Waals surface area (Å²) in [6, 6.07) is 0. The van der Waals surface area contributed by atoms with Crippen LogP contribution < -0.4 is 0 Å². The highest BCUT2D eigenvalue weighted by Gasteiger charge is 2.24. The van der Waals surface area contributed by atoms with Gasteiger partial charge in [0.15, 0.2) is 0 Å². The molecule has 1 aliphatic rings. The van der Waals surface area contributed by atoms with E-state index in [2.05, 4.69) is 0 Å². The molecule has 2 nitrogen and oxygen atoms in total. The third-order valence-electron chi connectivity index (χ3n) is 1.82. The largest absolute Gasteiger partial charge is 0.495 e. The monoisotopic (exact) mass is 202 g/mol. The van der Waals surface area contributed by atoms with Crippen molar-refractivity contribution in [2.24, 2.45) is 0 Å². The van der Waals surface area contributed by atoms with Gasteiger partial charge in [-0.25, -0.2) is 0 Å². The smallest absolute Gasteiger partial charge is 0.111 e. The number of rotatable bonds is 3. The van der Waals surface area contributed by atoms with Gasteiger partial charge >= 0.3 is 0 Å². The molecule has 0 heterocycles. The number of aliphatic hydroxyl groups excluding tert-OH is 1. The Morgan fingerprint density at radius 2 is 2.38 bits per heavy atom. The molecule has 74 valence electrons. The zero-order chi connectivity index (χ0) is 9.90. The molecule has 0 aromatic carbocycles.